The number of alkyl halides is 3. The molecule has 7 heteroatoms. The van der Waals surface area contributed by atoms with Crippen LogP contribution >= 0.6 is 12.4 Å². The van der Waals surface area contributed by atoms with E-state index in [1.165, 1.54) is 0 Å². The van der Waals surface area contributed by atoms with Crippen LogP contribution in [0.3, 0.4) is 0 Å². The second kappa shape index (κ2) is 4.56. The van der Waals surface area contributed by atoms with E-state index in [0.717, 1.165) is 12.4 Å². The van der Waals surface area contributed by atoms with Crippen LogP contribution in [0.2, 0.25) is 0 Å². The second-order valence-electron chi connectivity index (χ2n) is 2.46. The lowest BCUT2D eigenvalue weighted by atomic mass is 10.1. The normalized spacial score (nSPS) is 13.2. The number of pyridine rings is 1. The number of rotatable bonds is 1. The number of nitrogens with two attached hydrogens (primary N) is 1. The van der Waals surface area contributed by atoms with E-state index in [1.54, 1.807) is 0 Å². The molecule has 0 fully saturated rings. The lowest BCUT2D eigenvalue weighted by Crippen LogP contribution is -2.28. The van der Waals surface area contributed by atoms with Gasteiger partial charge in [-0.1, -0.05) is 0 Å². The Morgan fingerprint density at radius 2 is 1.86 bits per heavy atom. The van der Waals surface area contributed by atoms with Crippen LogP contribution in [0.25, 0.3) is 0 Å². The first-order valence-corrected chi connectivity index (χ1v) is 3.34. The van der Waals surface area contributed by atoms with Gasteiger partial charge in [0.2, 0.25) is 0 Å². The molecule has 0 bridgehead atoms. The Morgan fingerprint density at radius 3 is 2.29 bits per heavy atom. The maximum absolute atomic E-state index is 12.4. The van der Waals surface area contributed by atoms with Crippen molar-refractivity contribution >= 4 is 12.4 Å². The lowest BCUT2D eigenvalue weighted by Gasteiger charge is -2.14. The van der Waals surface area contributed by atoms with E-state index in [1.807, 2.05) is 0 Å². The SMILES string of the molecule is Cl.NC(c1cncc(F)c1)C(F)(F)F. The highest BCUT2D eigenvalue weighted by Gasteiger charge is 2.38. The molecule has 2 nitrogen and oxygen atoms in total. The summed E-state index contributed by atoms with van der Waals surface area (Å²) in [5.74, 6) is -0.836. The minimum atomic E-state index is -4.57. The average Bonchev–Trinajstić information content (AvgIpc) is 2.01. The van der Waals surface area contributed by atoms with Crippen molar-refractivity contribution in [3.8, 4) is 0 Å². The fourth-order valence-electron chi connectivity index (χ4n) is 0.787. The van der Waals surface area contributed by atoms with Gasteiger partial charge in [0, 0.05) is 6.20 Å². The van der Waals surface area contributed by atoms with Crippen molar-refractivity contribution in [1.29, 1.82) is 0 Å². The fraction of sp³-hybridized carbons (Fsp3) is 0.286. The van der Waals surface area contributed by atoms with E-state index < -0.39 is 18.0 Å². The number of hydrogen-bond donors (Lipinski definition) is 1. The van der Waals surface area contributed by atoms with Gasteiger partial charge in [-0.15, -0.1) is 12.4 Å². The Balaban J connectivity index is 0.00000169. The van der Waals surface area contributed by atoms with Gasteiger partial charge in [0.25, 0.3) is 0 Å². The average molecular weight is 231 g/mol. The maximum Gasteiger partial charge on any atom is 0.407 e. The molecule has 1 aromatic rings. The van der Waals surface area contributed by atoms with Crippen LogP contribution in [0.1, 0.15) is 11.6 Å². The molecular weight excluding hydrogens is 224 g/mol. The van der Waals surface area contributed by atoms with Crippen molar-refractivity contribution in [2.24, 2.45) is 5.73 Å². The van der Waals surface area contributed by atoms with E-state index in [9.17, 15) is 17.6 Å². The van der Waals surface area contributed by atoms with Crippen molar-refractivity contribution in [3.63, 3.8) is 0 Å². The zero-order chi connectivity index (χ0) is 10.1. The molecule has 0 aromatic carbocycles. The Morgan fingerprint density at radius 1 is 1.29 bits per heavy atom. The third-order valence-corrected chi connectivity index (χ3v) is 1.44. The summed E-state index contributed by atoms with van der Waals surface area (Å²) in [5, 5.41) is 0. The predicted octanol–water partition coefficient (Wildman–Crippen LogP) is 2.20. The first kappa shape index (κ1) is 13.1. The van der Waals surface area contributed by atoms with Gasteiger partial charge < -0.3 is 5.73 Å². The molecule has 1 atom stereocenters. The molecule has 14 heavy (non-hydrogen) atoms. The van der Waals surface area contributed by atoms with Gasteiger partial charge in [0.15, 0.2) is 0 Å². The van der Waals surface area contributed by atoms with Crippen molar-refractivity contribution < 1.29 is 17.6 Å². The summed E-state index contributed by atoms with van der Waals surface area (Å²) in [4.78, 5) is 3.26. The summed E-state index contributed by atoms with van der Waals surface area (Å²) in [6.07, 6.45) is -2.87. The largest absolute Gasteiger partial charge is 0.407 e. The Bertz CT molecular complexity index is 302. The third kappa shape index (κ3) is 3.12. The van der Waals surface area contributed by atoms with Crippen molar-refractivity contribution in [2.75, 3.05) is 0 Å². The fourth-order valence-corrected chi connectivity index (χ4v) is 0.787. The zero-order valence-electron chi connectivity index (χ0n) is 6.75. The molecule has 1 aromatic heterocycles. The van der Waals surface area contributed by atoms with Gasteiger partial charge in [-0.25, -0.2) is 4.39 Å². The Labute approximate surface area is 83.5 Å². The minimum Gasteiger partial charge on any atom is -0.316 e. The van der Waals surface area contributed by atoms with E-state index in [-0.39, 0.29) is 18.0 Å². The molecule has 2 N–H and O–H groups in total. The summed E-state index contributed by atoms with van der Waals surface area (Å²) in [5.41, 5.74) is 4.43. The third-order valence-electron chi connectivity index (χ3n) is 1.44. The molecule has 1 rings (SSSR count). The van der Waals surface area contributed by atoms with Crippen molar-refractivity contribution in [2.45, 2.75) is 12.2 Å². The summed E-state index contributed by atoms with van der Waals surface area (Å²) in [6.45, 7) is 0. The number of aromatic nitrogens is 1. The molecule has 0 amide bonds. The topological polar surface area (TPSA) is 38.9 Å². The quantitative estimate of drug-likeness (QED) is 0.752. The predicted molar refractivity (Wildman–Crippen MR) is 44.4 cm³/mol. The van der Waals surface area contributed by atoms with Crippen LogP contribution in [0.15, 0.2) is 18.5 Å². The first-order valence-electron chi connectivity index (χ1n) is 3.34. The standard InChI is InChI=1S/C7H6F4N2.ClH/c8-5-1-4(2-13-3-5)6(12)7(9,10)11;/h1-3,6H,12H2;1H. The number of hydrogen-bond acceptors (Lipinski definition) is 2. The van der Waals surface area contributed by atoms with E-state index in [0.29, 0.717) is 6.07 Å². The molecule has 0 aliphatic carbocycles. The summed E-state index contributed by atoms with van der Waals surface area (Å²) in [7, 11) is 0. The molecule has 0 saturated carbocycles. The van der Waals surface area contributed by atoms with Gasteiger partial charge in [-0.2, -0.15) is 13.2 Å². The van der Waals surface area contributed by atoms with Crippen LogP contribution in [0.4, 0.5) is 17.6 Å². The molecular formula is C7H7ClF4N2. The van der Waals surface area contributed by atoms with Crippen LogP contribution in [0.5, 0.6) is 0 Å². The lowest BCUT2D eigenvalue weighted by molar-refractivity contribution is -0.149. The summed E-state index contributed by atoms with van der Waals surface area (Å²) >= 11 is 0. The number of nitrogens with zero attached hydrogens (tertiary/aromatic N) is 1. The van der Waals surface area contributed by atoms with Crippen LogP contribution in [-0.2, 0) is 0 Å². The second-order valence-corrected chi connectivity index (χ2v) is 2.46. The van der Waals surface area contributed by atoms with Crippen LogP contribution in [0, 0.1) is 5.82 Å². The highest BCUT2D eigenvalue weighted by atomic mass is 35.5. The van der Waals surface area contributed by atoms with Gasteiger partial charge >= 0.3 is 6.18 Å². The van der Waals surface area contributed by atoms with Crippen LogP contribution < -0.4 is 5.73 Å². The molecule has 0 aliphatic rings. The summed E-state index contributed by atoms with van der Waals surface area (Å²) < 4.78 is 48.4. The molecule has 1 unspecified atom stereocenters. The summed E-state index contributed by atoms with van der Waals surface area (Å²) in [6, 6.07) is -1.47. The maximum atomic E-state index is 12.4. The minimum absolute atomic E-state index is 0. The molecule has 80 valence electrons. The van der Waals surface area contributed by atoms with Gasteiger partial charge in [-0.3, -0.25) is 4.98 Å². The van der Waals surface area contributed by atoms with E-state index in [2.05, 4.69) is 4.98 Å². The van der Waals surface area contributed by atoms with Crippen molar-refractivity contribution in [3.05, 3.63) is 29.8 Å². The highest BCUT2D eigenvalue weighted by Crippen LogP contribution is 2.29. The molecule has 0 saturated heterocycles. The van der Waals surface area contributed by atoms with Crippen molar-refractivity contribution in [1.82, 2.24) is 4.98 Å². The Kier molecular flexibility index (Phi) is 4.28. The molecule has 1 heterocycles. The van der Waals surface area contributed by atoms with Gasteiger partial charge in [0.05, 0.1) is 6.20 Å². The van der Waals surface area contributed by atoms with Crippen LogP contribution in [-0.4, -0.2) is 11.2 Å². The molecule has 0 aliphatic heterocycles. The highest BCUT2D eigenvalue weighted by molar-refractivity contribution is 5.85. The van der Waals surface area contributed by atoms with Gasteiger partial charge in [-0.05, 0) is 11.6 Å². The van der Waals surface area contributed by atoms with E-state index in [4.69, 9.17) is 5.73 Å². The zero-order valence-corrected chi connectivity index (χ0v) is 7.57. The monoisotopic (exact) mass is 230 g/mol. The van der Waals surface area contributed by atoms with Gasteiger partial charge in [0.1, 0.15) is 11.9 Å². The van der Waals surface area contributed by atoms with E-state index >= 15 is 0 Å². The Hall–Kier alpha value is -0.880. The molecule has 0 spiro atoms. The molecule has 0 radical (unpaired) electrons. The first-order chi connectivity index (χ1) is 5.91. The number of halogens is 5. The smallest absolute Gasteiger partial charge is 0.316 e.